The van der Waals surface area contributed by atoms with E-state index in [1.54, 1.807) is 12.1 Å². The van der Waals surface area contributed by atoms with Gasteiger partial charge < -0.3 is 24.1 Å². The molecule has 1 heterocycles. The molecule has 8 nitrogen and oxygen atoms in total. The van der Waals surface area contributed by atoms with Crippen molar-refractivity contribution in [3.8, 4) is 11.5 Å². The molecular formula is C20H26N2O6. The number of aromatic nitrogens is 1. The van der Waals surface area contributed by atoms with E-state index in [1.807, 2.05) is 27.7 Å². The van der Waals surface area contributed by atoms with Gasteiger partial charge in [-0.2, -0.15) is 0 Å². The molecule has 0 radical (unpaired) electrons. The first-order valence-electron chi connectivity index (χ1n) is 9.04. The van der Waals surface area contributed by atoms with E-state index in [0.717, 1.165) is 17.7 Å². The molecule has 0 aliphatic rings. The predicted molar refractivity (Wildman–Crippen MR) is 101 cm³/mol. The molecule has 0 saturated carbocycles. The Hall–Kier alpha value is -3.03. The van der Waals surface area contributed by atoms with Gasteiger partial charge in [-0.1, -0.05) is 12.1 Å². The summed E-state index contributed by atoms with van der Waals surface area (Å²) in [6.45, 7) is 7.41. The van der Waals surface area contributed by atoms with Gasteiger partial charge in [0, 0.05) is 6.04 Å². The molecule has 152 valence electrons. The van der Waals surface area contributed by atoms with E-state index in [2.05, 4.69) is 10.5 Å². The van der Waals surface area contributed by atoms with Gasteiger partial charge in [0.25, 0.3) is 5.91 Å². The Bertz CT molecular complexity index is 811. The van der Waals surface area contributed by atoms with Crippen LogP contribution in [0.15, 0.2) is 22.7 Å². The maximum absolute atomic E-state index is 12.2. The van der Waals surface area contributed by atoms with Gasteiger partial charge in [0.05, 0.1) is 23.9 Å². The Morgan fingerprint density at radius 1 is 1.25 bits per heavy atom. The number of esters is 1. The number of carbonyl (C=O) groups excluding carboxylic acids is 2. The van der Waals surface area contributed by atoms with Crippen LogP contribution < -0.4 is 14.8 Å². The number of amides is 1. The lowest BCUT2D eigenvalue weighted by Crippen LogP contribution is -2.35. The highest BCUT2D eigenvalue weighted by molar-refractivity contribution is 5.92. The number of ether oxygens (including phenoxy) is 3. The lowest BCUT2D eigenvalue weighted by Gasteiger charge is -2.13. The molecule has 0 aliphatic heterocycles. The SMILES string of the molecule is CCC(C)NC(=O)COC(=O)c1ccc(OCc2c(C)noc2C)c(OC)c1. The van der Waals surface area contributed by atoms with Gasteiger partial charge in [0.15, 0.2) is 18.1 Å². The molecule has 0 fully saturated rings. The average molecular weight is 390 g/mol. The third kappa shape index (κ3) is 5.48. The van der Waals surface area contributed by atoms with E-state index >= 15 is 0 Å². The number of hydrogen-bond acceptors (Lipinski definition) is 7. The Balaban J connectivity index is 1.99. The van der Waals surface area contributed by atoms with Gasteiger partial charge in [0.1, 0.15) is 12.4 Å². The second-order valence-electron chi connectivity index (χ2n) is 6.41. The van der Waals surface area contributed by atoms with Crippen molar-refractivity contribution < 1.29 is 28.3 Å². The Labute approximate surface area is 164 Å². The van der Waals surface area contributed by atoms with Crippen LogP contribution in [0.25, 0.3) is 0 Å². The molecule has 0 bridgehead atoms. The molecule has 2 rings (SSSR count). The van der Waals surface area contributed by atoms with Gasteiger partial charge in [0.2, 0.25) is 0 Å². The minimum Gasteiger partial charge on any atom is -0.493 e. The van der Waals surface area contributed by atoms with Gasteiger partial charge in [-0.05, 0) is 45.4 Å². The number of methoxy groups -OCH3 is 1. The van der Waals surface area contributed by atoms with Crippen molar-refractivity contribution in [2.45, 2.75) is 46.8 Å². The summed E-state index contributed by atoms with van der Waals surface area (Å²) in [5.74, 6) is 0.579. The van der Waals surface area contributed by atoms with E-state index in [4.69, 9.17) is 18.7 Å². The van der Waals surface area contributed by atoms with Gasteiger partial charge in [-0.3, -0.25) is 4.79 Å². The molecule has 1 aromatic carbocycles. The number of aryl methyl sites for hydroxylation is 2. The normalized spacial score (nSPS) is 11.6. The fourth-order valence-electron chi connectivity index (χ4n) is 2.40. The van der Waals surface area contributed by atoms with Crippen LogP contribution >= 0.6 is 0 Å². The van der Waals surface area contributed by atoms with Gasteiger partial charge in [-0.15, -0.1) is 0 Å². The van der Waals surface area contributed by atoms with E-state index in [1.165, 1.54) is 13.2 Å². The molecular weight excluding hydrogens is 364 g/mol. The van der Waals surface area contributed by atoms with Crippen LogP contribution in [0.2, 0.25) is 0 Å². The van der Waals surface area contributed by atoms with Crippen LogP contribution in [0.1, 0.15) is 47.6 Å². The third-order valence-electron chi connectivity index (χ3n) is 4.31. The fourth-order valence-corrected chi connectivity index (χ4v) is 2.40. The molecule has 1 amide bonds. The van der Waals surface area contributed by atoms with Crippen molar-refractivity contribution in [3.63, 3.8) is 0 Å². The molecule has 0 aliphatic carbocycles. The molecule has 1 aromatic heterocycles. The van der Waals surface area contributed by atoms with Crippen LogP contribution in [0.5, 0.6) is 11.5 Å². The first kappa shape index (κ1) is 21.3. The standard InChI is InChI=1S/C20H26N2O6/c1-6-12(2)21-19(23)11-27-20(24)15-7-8-17(18(9-15)25-5)26-10-16-13(3)22-28-14(16)4/h7-9,12H,6,10-11H2,1-5H3,(H,21,23). The molecule has 8 heteroatoms. The van der Waals surface area contributed by atoms with Crippen LogP contribution in [0, 0.1) is 13.8 Å². The maximum Gasteiger partial charge on any atom is 0.338 e. The van der Waals surface area contributed by atoms with Crippen LogP contribution in [0.3, 0.4) is 0 Å². The number of hydrogen-bond donors (Lipinski definition) is 1. The summed E-state index contributed by atoms with van der Waals surface area (Å²) in [4.78, 5) is 23.9. The van der Waals surface area contributed by atoms with Crippen molar-refractivity contribution in [2.75, 3.05) is 13.7 Å². The highest BCUT2D eigenvalue weighted by atomic mass is 16.5. The highest BCUT2D eigenvalue weighted by Crippen LogP contribution is 2.29. The second-order valence-corrected chi connectivity index (χ2v) is 6.41. The fraction of sp³-hybridized carbons (Fsp3) is 0.450. The van der Waals surface area contributed by atoms with Gasteiger partial charge in [-0.25, -0.2) is 4.79 Å². The molecule has 0 spiro atoms. The summed E-state index contributed by atoms with van der Waals surface area (Å²) >= 11 is 0. The number of benzene rings is 1. The van der Waals surface area contributed by atoms with Crippen molar-refractivity contribution in [1.82, 2.24) is 10.5 Å². The molecule has 1 N–H and O–H groups in total. The summed E-state index contributed by atoms with van der Waals surface area (Å²) in [6, 6.07) is 4.71. The van der Waals surface area contributed by atoms with Crippen molar-refractivity contribution >= 4 is 11.9 Å². The quantitative estimate of drug-likeness (QED) is 0.657. The Kier molecular flexibility index (Phi) is 7.43. The van der Waals surface area contributed by atoms with Crippen molar-refractivity contribution in [1.29, 1.82) is 0 Å². The zero-order chi connectivity index (χ0) is 20.7. The number of nitrogens with zero attached hydrogens (tertiary/aromatic N) is 1. The smallest absolute Gasteiger partial charge is 0.338 e. The van der Waals surface area contributed by atoms with E-state index in [9.17, 15) is 9.59 Å². The summed E-state index contributed by atoms with van der Waals surface area (Å²) < 4.78 is 21.3. The van der Waals surface area contributed by atoms with E-state index in [-0.39, 0.29) is 30.7 Å². The van der Waals surface area contributed by atoms with Crippen LogP contribution in [0.4, 0.5) is 0 Å². The first-order chi connectivity index (χ1) is 13.3. The zero-order valence-electron chi connectivity index (χ0n) is 16.8. The Morgan fingerprint density at radius 3 is 2.61 bits per heavy atom. The first-order valence-corrected chi connectivity index (χ1v) is 9.04. The molecule has 0 saturated heterocycles. The number of carbonyl (C=O) groups is 2. The maximum atomic E-state index is 12.2. The third-order valence-corrected chi connectivity index (χ3v) is 4.31. The van der Waals surface area contributed by atoms with Crippen LogP contribution in [-0.2, 0) is 16.1 Å². The van der Waals surface area contributed by atoms with E-state index in [0.29, 0.717) is 17.3 Å². The zero-order valence-corrected chi connectivity index (χ0v) is 16.8. The van der Waals surface area contributed by atoms with E-state index < -0.39 is 5.97 Å². The minimum absolute atomic E-state index is 0.0282. The average Bonchev–Trinajstić information content (AvgIpc) is 3.01. The molecule has 1 unspecified atom stereocenters. The second kappa shape index (κ2) is 9.77. The summed E-state index contributed by atoms with van der Waals surface area (Å²) in [7, 11) is 1.48. The molecule has 28 heavy (non-hydrogen) atoms. The van der Waals surface area contributed by atoms with Crippen molar-refractivity contribution in [3.05, 3.63) is 40.8 Å². The van der Waals surface area contributed by atoms with Gasteiger partial charge >= 0.3 is 5.97 Å². The highest BCUT2D eigenvalue weighted by Gasteiger charge is 2.16. The number of rotatable bonds is 9. The summed E-state index contributed by atoms with van der Waals surface area (Å²) in [6.07, 6.45) is 0.798. The lowest BCUT2D eigenvalue weighted by atomic mass is 10.2. The minimum atomic E-state index is -0.616. The summed E-state index contributed by atoms with van der Waals surface area (Å²) in [5.41, 5.74) is 1.88. The number of nitrogens with one attached hydrogen (secondary N) is 1. The molecule has 2 aromatic rings. The van der Waals surface area contributed by atoms with Crippen molar-refractivity contribution in [2.24, 2.45) is 0 Å². The van der Waals surface area contributed by atoms with Crippen LogP contribution in [-0.4, -0.2) is 36.8 Å². The molecule has 1 atom stereocenters. The largest absolute Gasteiger partial charge is 0.493 e. The Morgan fingerprint density at radius 2 is 2.00 bits per heavy atom. The topological polar surface area (TPSA) is 99.9 Å². The predicted octanol–water partition coefficient (Wildman–Crippen LogP) is 2.95. The lowest BCUT2D eigenvalue weighted by molar-refractivity contribution is -0.124. The monoisotopic (exact) mass is 390 g/mol. The summed E-state index contributed by atoms with van der Waals surface area (Å²) in [5, 5.41) is 6.62.